The molecular formula is C16H24ClNO2S. The molecule has 0 bridgehead atoms. The van der Waals surface area contributed by atoms with E-state index in [2.05, 4.69) is 5.32 Å². The standard InChI is InChI=1S/C16H24ClNO2S/c1-2-10-21(19,20)16-9-4-3-8-15(16)18-12-14-7-5-6-13(14)11-17/h3-4,8-9,13-14,18H,2,5-7,10-12H2,1H3. The number of sulfone groups is 1. The van der Waals surface area contributed by atoms with Crippen LogP contribution in [0.1, 0.15) is 32.6 Å². The first-order valence-electron chi connectivity index (χ1n) is 7.70. The summed E-state index contributed by atoms with van der Waals surface area (Å²) in [7, 11) is -3.19. The van der Waals surface area contributed by atoms with Crippen molar-refractivity contribution in [2.24, 2.45) is 11.8 Å². The van der Waals surface area contributed by atoms with Gasteiger partial charge in [-0.05, 0) is 43.2 Å². The zero-order chi connectivity index (χ0) is 15.3. The lowest BCUT2D eigenvalue weighted by Gasteiger charge is -2.19. The number of benzene rings is 1. The molecule has 1 saturated carbocycles. The van der Waals surface area contributed by atoms with E-state index >= 15 is 0 Å². The highest BCUT2D eigenvalue weighted by molar-refractivity contribution is 7.91. The lowest BCUT2D eigenvalue weighted by atomic mass is 9.98. The Kier molecular flexibility index (Phi) is 5.94. The molecule has 118 valence electrons. The molecule has 1 N–H and O–H groups in total. The molecule has 2 rings (SSSR count). The summed E-state index contributed by atoms with van der Waals surface area (Å²) in [6, 6.07) is 7.21. The number of hydrogen-bond acceptors (Lipinski definition) is 3. The second kappa shape index (κ2) is 7.50. The van der Waals surface area contributed by atoms with Gasteiger partial charge in [-0.15, -0.1) is 11.6 Å². The van der Waals surface area contributed by atoms with Crippen LogP contribution in [-0.4, -0.2) is 26.6 Å². The van der Waals surface area contributed by atoms with Gasteiger partial charge in [-0.25, -0.2) is 8.42 Å². The van der Waals surface area contributed by atoms with Crippen molar-refractivity contribution in [2.45, 2.75) is 37.5 Å². The molecule has 1 aromatic rings. The second-order valence-corrected chi connectivity index (χ2v) is 8.19. The van der Waals surface area contributed by atoms with Gasteiger partial charge in [0.2, 0.25) is 0 Å². The highest BCUT2D eigenvalue weighted by Gasteiger charge is 2.26. The van der Waals surface area contributed by atoms with Gasteiger partial charge in [-0.2, -0.15) is 0 Å². The van der Waals surface area contributed by atoms with Gasteiger partial charge in [-0.1, -0.05) is 25.5 Å². The summed E-state index contributed by atoms with van der Waals surface area (Å²) in [5.41, 5.74) is 0.728. The summed E-state index contributed by atoms with van der Waals surface area (Å²) >= 11 is 6.01. The van der Waals surface area contributed by atoms with Gasteiger partial charge in [0.25, 0.3) is 0 Å². The summed E-state index contributed by atoms with van der Waals surface area (Å²) in [5.74, 6) is 1.99. The second-order valence-electron chi connectivity index (χ2n) is 5.80. The maximum absolute atomic E-state index is 12.3. The molecule has 0 spiro atoms. The molecule has 0 aromatic heterocycles. The van der Waals surface area contributed by atoms with E-state index in [-0.39, 0.29) is 5.75 Å². The Morgan fingerprint density at radius 3 is 2.67 bits per heavy atom. The molecule has 2 atom stereocenters. The number of nitrogens with one attached hydrogen (secondary N) is 1. The van der Waals surface area contributed by atoms with Crippen LogP contribution in [-0.2, 0) is 9.84 Å². The predicted molar refractivity (Wildman–Crippen MR) is 88.8 cm³/mol. The van der Waals surface area contributed by atoms with Crippen molar-refractivity contribution in [2.75, 3.05) is 23.5 Å². The molecule has 5 heteroatoms. The number of rotatable bonds is 7. The van der Waals surface area contributed by atoms with Crippen molar-refractivity contribution >= 4 is 27.1 Å². The molecule has 2 unspecified atom stereocenters. The van der Waals surface area contributed by atoms with Crippen molar-refractivity contribution in [3.8, 4) is 0 Å². The van der Waals surface area contributed by atoms with Crippen LogP contribution in [0.3, 0.4) is 0 Å². The lowest BCUT2D eigenvalue weighted by Crippen LogP contribution is -2.20. The third-order valence-electron chi connectivity index (χ3n) is 4.26. The molecule has 0 radical (unpaired) electrons. The fourth-order valence-electron chi connectivity index (χ4n) is 3.09. The topological polar surface area (TPSA) is 46.2 Å². The molecule has 0 heterocycles. The van der Waals surface area contributed by atoms with E-state index in [4.69, 9.17) is 11.6 Å². The molecular weight excluding hydrogens is 306 g/mol. The van der Waals surface area contributed by atoms with E-state index in [0.717, 1.165) is 12.2 Å². The number of anilines is 1. The molecule has 21 heavy (non-hydrogen) atoms. The Bertz CT molecular complexity index is 559. The van der Waals surface area contributed by atoms with Gasteiger partial charge in [-0.3, -0.25) is 0 Å². The zero-order valence-corrected chi connectivity index (χ0v) is 14.1. The fraction of sp³-hybridized carbons (Fsp3) is 0.625. The summed E-state index contributed by atoms with van der Waals surface area (Å²) in [4.78, 5) is 0.423. The van der Waals surface area contributed by atoms with E-state index in [1.807, 2.05) is 19.1 Å². The normalized spacial score (nSPS) is 22.4. The first-order valence-corrected chi connectivity index (χ1v) is 9.88. The number of alkyl halides is 1. The lowest BCUT2D eigenvalue weighted by molar-refractivity contribution is 0.444. The van der Waals surface area contributed by atoms with Crippen LogP contribution in [0, 0.1) is 11.8 Å². The molecule has 0 amide bonds. The summed E-state index contributed by atoms with van der Waals surface area (Å²) < 4.78 is 24.6. The summed E-state index contributed by atoms with van der Waals surface area (Å²) in [5, 5.41) is 3.35. The van der Waals surface area contributed by atoms with Gasteiger partial charge in [0.15, 0.2) is 9.84 Å². The minimum absolute atomic E-state index is 0.194. The van der Waals surface area contributed by atoms with Gasteiger partial charge in [0.05, 0.1) is 16.3 Å². The average Bonchev–Trinajstić information content (AvgIpc) is 2.93. The quantitative estimate of drug-likeness (QED) is 0.771. The number of para-hydroxylation sites is 1. The van der Waals surface area contributed by atoms with Crippen molar-refractivity contribution in [3.05, 3.63) is 24.3 Å². The number of halogens is 1. The molecule has 1 aliphatic rings. The smallest absolute Gasteiger partial charge is 0.180 e. The monoisotopic (exact) mass is 329 g/mol. The van der Waals surface area contributed by atoms with Gasteiger partial charge in [0.1, 0.15) is 0 Å². The third-order valence-corrected chi connectivity index (χ3v) is 6.63. The van der Waals surface area contributed by atoms with Crippen molar-refractivity contribution in [1.82, 2.24) is 0 Å². The Hall–Kier alpha value is -0.740. The molecule has 1 aliphatic carbocycles. The predicted octanol–water partition coefficient (Wildman–Crippen LogP) is 3.94. The van der Waals surface area contributed by atoms with E-state index < -0.39 is 9.84 Å². The Morgan fingerprint density at radius 2 is 1.95 bits per heavy atom. The van der Waals surface area contributed by atoms with E-state index in [1.165, 1.54) is 19.3 Å². The molecule has 0 saturated heterocycles. The van der Waals surface area contributed by atoms with Gasteiger partial charge < -0.3 is 5.32 Å². The van der Waals surface area contributed by atoms with Gasteiger partial charge in [0, 0.05) is 12.4 Å². The highest BCUT2D eigenvalue weighted by Crippen LogP contribution is 2.33. The first-order chi connectivity index (χ1) is 10.1. The van der Waals surface area contributed by atoms with E-state index in [1.54, 1.807) is 12.1 Å². The summed E-state index contributed by atoms with van der Waals surface area (Å²) in [6.07, 6.45) is 4.22. The Balaban J connectivity index is 2.10. The molecule has 1 aromatic carbocycles. The third kappa shape index (κ3) is 4.13. The maximum Gasteiger partial charge on any atom is 0.180 e. The van der Waals surface area contributed by atoms with Crippen LogP contribution >= 0.6 is 11.6 Å². The van der Waals surface area contributed by atoms with E-state index in [0.29, 0.717) is 29.0 Å². The maximum atomic E-state index is 12.3. The van der Waals surface area contributed by atoms with Gasteiger partial charge >= 0.3 is 0 Å². The van der Waals surface area contributed by atoms with Crippen LogP contribution in [0.2, 0.25) is 0 Å². The molecule has 1 fully saturated rings. The highest BCUT2D eigenvalue weighted by atomic mass is 35.5. The largest absolute Gasteiger partial charge is 0.384 e. The van der Waals surface area contributed by atoms with Crippen LogP contribution in [0.25, 0.3) is 0 Å². The van der Waals surface area contributed by atoms with Crippen LogP contribution in [0.5, 0.6) is 0 Å². The van der Waals surface area contributed by atoms with Crippen LogP contribution in [0.15, 0.2) is 29.2 Å². The molecule has 3 nitrogen and oxygen atoms in total. The van der Waals surface area contributed by atoms with Crippen LogP contribution < -0.4 is 5.32 Å². The van der Waals surface area contributed by atoms with Crippen LogP contribution in [0.4, 0.5) is 5.69 Å². The van der Waals surface area contributed by atoms with Crippen molar-refractivity contribution in [1.29, 1.82) is 0 Å². The minimum atomic E-state index is -3.19. The Morgan fingerprint density at radius 1 is 1.24 bits per heavy atom. The fourth-order valence-corrected chi connectivity index (χ4v) is 5.01. The molecule has 0 aliphatic heterocycles. The van der Waals surface area contributed by atoms with E-state index in [9.17, 15) is 8.42 Å². The van der Waals surface area contributed by atoms with Crippen molar-refractivity contribution in [3.63, 3.8) is 0 Å². The van der Waals surface area contributed by atoms with Crippen molar-refractivity contribution < 1.29 is 8.42 Å². The number of hydrogen-bond donors (Lipinski definition) is 1. The average molecular weight is 330 g/mol. The SMILES string of the molecule is CCCS(=O)(=O)c1ccccc1NCC1CCCC1CCl. The zero-order valence-electron chi connectivity index (χ0n) is 12.5. The minimum Gasteiger partial charge on any atom is -0.384 e. The Labute approximate surface area is 133 Å². The summed E-state index contributed by atoms with van der Waals surface area (Å²) in [6.45, 7) is 2.69. The first kappa shape index (κ1) is 16.6.